The summed E-state index contributed by atoms with van der Waals surface area (Å²) in [6, 6.07) is 10.2. The number of nitrogens with two attached hydrogens (primary N) is 1. The molecule has 20 heavy (non-hydrogen) atoms. The van der Waals surface area contributed by atoms with Crippen molar-refractivity contribution < 1.29 is 13.6 Å². The topological polar surface area (TPSA) is 55.1 Å². The lowest BCUT2D eigenvalue weighted by molar-refractivity contribution is -0.115. The Hall–Kier alpha value is -2.27. The molecule has 0 unspecified atom stereocenters. The Morgan fingerprint density at radius 1 is 1.10 bits per heavy atom. The second-order valence-corrected chi connectivity index (χ2v) is 4.36. The number of hydrogen-bond donors (Lipinski definition) is 2. The second kappa shape index (κ2) is 6.25. The Labute approximate surface area is 115 Å². The third-order valence-electron chi connectivity index (χ3n) is 2.84. The van der Waals surface area contributed by atoms with E-state index < -0.39 is 11.6 Å². The van der Waals surface area contributed by atoms with Gasteiger partial charge in [-0.2, -0.15) is 0 Å². The van der Waals surface area contributed by atoms with Crippen LogP contribution in [0.1, 0.15) is 11.1 Å². The molecule has 2 aromatic carbocycles. The number of anilines is 1. The van der Waals surface area contributed by atoms with Gasteiger partial charge in [-0.05, 0) is 29.3 Å². The maximum absolute atomic E-state index is 13.4. The summed E-state index contributed by atoms with van der Waals surface area (Å²) in [6.45, 7) is 0.426. The largest absolute Gasteiger partial charge is 0.326 e. The van der Waals surface area contributed by atoms with Crippen LogP contribution in [0.25, 0.3) is 0 Å². The molecule has 0 saturated heterocycles. The number of benzene rings is 2. The van der Waals surface area contributed by atoms with E-state index >= 15 is 0 Å². The Morgan fingerprint density at radius 2 is 1.80 bits per heavy atom. The number of halogens is 2. The molecule has 3 nitrogen and oxygen atoms in total. The Morgan fingerprint density at radius 3 is 2.40 bits per heavy atom. The van der Waals surface area contributed by atoms with Crippen LogP contribution in [-0.2, 0) is 17.8 Å². The Balaban J connectivity index is 2.01. The zero-order valence-electron chi connectivity index (χ0n) is 10.7. The third kappa shape index (κ3) is 3.61. The molecule has 2 rings (SSSR count). The summed E-state index contributed by atoms with van der Waals surface area (Å²) in [5, 5.41) is 2.64. The van der Waals surface area contributed by atoms with Crippen LogP contribution in [0.2, 0.25) is 0 Å². The monoisotopic (exact) mass is 276 g/mol. The standard InChI is InChI=1S/C15H14F2N2O/c16-12-4-3-11(14(17)8-12)7-15(20)19-13-5-1-10(9-18)2-6-13/h1-6,8H,7,9,18H2,(H,19,20). The molecule has 0 bridgehead atoms. The van der Waals surface area contributed by atoms with E-state index in [1.807, 2.05) is 0 Å². The molecule has 0 saturated carbocycles. The maximum atomic E-state index is 13.4. The summed E-state index contributed by atoms with van der Waals surface area (Å²) >= 11 is 0. The number of nitrogens with one attached hydrogen (secondary N) is 1. The van der Waals surface area contributed by atoms with Gasteiger partial charge in [0.15, 0.2) is 0 Å². The van der Waals surface area contributed by atoms with Gasteiger partial charge >= 0.3 is 0 Å². The SMILES string of the molecule is NCc1ccc(NC(=O)Cc2ccc(F)cc2F)cc1. The van der Waals surface area contributed by atoms with Crippen LogP contribution >= 0.6 is 0 Å². The van der Waals surface area contributed by atoms with Gasteiger partial charge in [-0.15, -0.1) is 0 Å². The van der Waals surface area contributed by atoms with Crippen molar-refractivity contribution >= 4 is 11.6 Å². The van der Waals surface area contributed by atoms with Crippen LogP contribution in [0.15, 0.2) is 42.5 Å². The van der Waals surface area contributed by atoms with Gasteiger partial charge in [-0.1, -0.05) is 18.2 Å². The fourth-order valence-electron chi connectivity index (χ4n) is 1.77. The molecule has 0 aliphatic carbocycles. The number of hydrogen-bond acceptors (Lipinski definition) is 2. The zero-order chi connectivity index (χ0) is 14.5. The van der Waals surface area contributed by atoms with Gasteiger partial charge < -0.3 is 11.1 Å². The average Bonchev–Trinajstić information content (AvgIpc) is 2.43. The predicted molar refractivity (Wildman–Crippen MR) is 73.0 cm³/mol. The lowest BCUT2D eigenvalue weighted by atomic mass is 10.1. The van der Waals surface area contributed by atoms with Gasteiger partial charge in [-0.25, -0.2) is 8.78 Å². The smallest absolute Gasteiger partial charge is 0.228 e. The van der Waals surface area contributed by atoms with Crippen LogP contribution in [0.4, 0.5) is 14.5 Å². The highest BCUT2D eigenvalue weighted by Crippen LogP contribution is 2.13. The molecule has 1 amide bonds. The number of amides is 1. The van der Waals surface area contributed by atoms with Crippen LogP contribution < -0.4 is 11.1 Å². The predicted octanol–water partition coefficient (Wildman–Crippen LogP) is 2.60. The number of carbonyl (C=O) groups excluding carboxylic acids is 1. The van der Waals surface area contributed by atoms with E-state index in [0.29, 0.717) is 12.2 Å². The van der Waals surface area contributed by atoms with Gasteiger partial charge in [0.25, 0.3) is 0 Å². The zero-order valence-corrected chi connectivity index (χ0v) is 10.7. The van der Waals surface area contributed by atoms with Crippen LogP contribution in [-0.4, -0.2) is 5.91 Å². The van der Waals surface area contributed by atoms with Crippen LogP contribution in [0.3, 0.4) is 0 Å². The molecular formula is C15H14F2N2O. The van der Waals surface area contributed by atoms with E-state index in [9.17, 15) is 13.6 Å². The minimum atomic E-state index is -0.723. The van der Waals surface area contributed by atoms with Gasteiger partial charge in [0, 0.05) is 18.3 Å². The van der Waals surface area contributed by atoms with Crippen LogP contribution in [0, 0.1) is 11.6 Å². The van der Waals surface area contributed by atoms with Crippen molar-refractivity contribution in [2.24, 2.45) is 5.73 Å². The molecule has 3 N–H and O–H groups in total. The molecule has 104 valence electrons. The van der Waals surface area contributed by atoms with E-state index in [0.717, 1.165) is 17.7 Å². The highest BCUT2D eigenvalue weighted by Gasteiger charge is 2.09. The quantitative estimate of drug-likeness (QED) is 0.902. The van der Waals surface area contributed by atoms with E-state index in [2.05, 4.69) is 5.32 Å². The van der Waals surface area contributed by atoms with Gasteiger partial charge in [-0.3, -0.25) is 4.79 Å². The first-order valence-corrected chi connectivity index (χ1v) is 6.11. The molecule has 0 aromatic heterocycles. The third-order valence-corrected chi connectivity index (χ3v) is 2.84. The highest BCUT2D eigenvalue weighted by atomic mass is 19.1. The summed E-state index contributed by atoms with van der Waals surface area (Å²) in [5.41, 5.74) is 7.19. The van der Waals surface area contributed by atoms with Crippen molar-refractivity contribution in [2.45, 2.75) is 13.0 Å². The summed E-state index contributed by atoms with van der Waals surface area (Å²) in [4.78, 5) is 11.8. The maximum Gasteiger partial charge on any atom is 0.228 e. The number of carbonyl (C=O) groups is 1. The number of rotatable bonds is 4. The van der Waals surface area contributed by atoms with Crippen molar-refractivity contribution in [3.05, 3.63) is 65.2 Å². The summed E-state index contributed by atoms with van der Waals surface area (Å²) < 4.78 is 26.2. The molecule has 0 spiro atoms. The average molecular weight is 276 g/mol. The van der Waals surface area contributed by atoms with E-state index in [1.165, 1.54) is 6.07 Å². The molecule has 2 aromatic rings. The summed E-state index contributed by atoms with van der Waals surface area (Å²) in [6.07, 6.45) is -0.148. The Bertz CT molecular complexity index is 612. The van der Waals surface area contributed by atoms with Crippen molar-refractivity contribution in [3.63, 3.8) is 0 Å². The summed E-state index contributed by atoms with van der Waals surface area (Å²) in [7, 11) is 0. The molecule has 0 atom stereocenters. The molecule has 0 aliphatic heterocycles. The second-order valence-electron chi connectivity index (χ2n) is 4.36. The van der Waals surface area contributed by atoms with Crippen molar-refractivity contribution in [1.82, 2.24) is 0 Å². The minimum absolute atomic E-state index is 0.148. The van der Waals surface area contributed by atoms with Crippen molar-refractivity contribution in [1.29, 1.82) is 0 Å². The molecule has 0 heterocycles. The van der Waals surface area contributed by atoms with E-state index in [4.69, 9.17) is 5.73 Å². The van der Waals surface area contributed by atoms with Gasteiger partial charge in [0.1, 0.15) is 11.6 Å². The first-order chi connectivity index (χ1) is 9.58. The lowest BCUT2D eigenvalue weighted by Gasteiger charge is -2.07. The first kappa shape index (κ1) is 14.1. The van der Waals surface area contributed by atoms with Gasteiger partial charge in [0.05, 0.1) is 6.42 Å². The lowest BCUT2D eigenvalue weighted by Crippen LogP contribution is -2.15. The minimum Gasteiger partial charge on any atom is -0.326 e. The fraction of sp³-hybridized carbons (Fsp3) is 0.133. The fourth-order valence-corrected chi connectivity index (χ4v) is 1.77. The normalized spacial score (nSPS) is 10.3. The Kier molecular flexibility index (Phi) is 4.42. The highest BCUT2D eigenvalue weighted by molar-refractivity contribution is 5.92. The van der Waals surface area contributed by atoms with E-state index in [1.54, 1.807) is 24.3 Å². The summed E-state index contributed by atoms with van der Waals surface area (Å²) in [5.74, 6) is -1.75. The molecule has 0 aliphatic rings. The molecule has 0 radical (unpaired) electrons. The van der Waals surface area contributed by atoms with Crippen molar-refractivity contribution in [3.8, 4) is 0 Å². The molecule has 0 fully saturated rings. The molecule has 5 heteroatoms. The molecular weight excluding hydrogens is 262 g/mol. The van der Waals surface area contributed by atoms with Crippen molar-refractivity contribution in [2.75, 3.05) is 5.32 Å². The van der Waals surface area contributed by atoms with Gasteiger partial charge in [0.2, 0.25) is 5.91 Å². The first-order valence-electron chi connectivity index (χ1n) is 6.11. The van der Waals surface area contributed by atoms with E-state index in [-0.39, 0.29) is 17.9 Å². The van der Waals surface area contributed by atoms with Crippen LogP contribution in [0.5, 0.6) is 0 Å².